The van der Waals surface area contributed by atoms with Gasteiger partial charge in [-0.2, -0.15) is 0 Å². The van der Waals surface area contributed by atoms with Gasteiger partial charge in [0.15, 0.2) is 0 Å². The molecule has 0 unspecified atom stereocenters. The Balaban J connectivity index is 3.43. The third-order valence-corrected chi connectivity index (χ3v) is 3.09. The van der Waals surface area contributed by atoms with Gasteiger partial charge in [-0.3, -0.25) is 0 Å². The van der Waals surface area contributed by atoms with Crippen molar-refractivity contribution < 1.29 is 15.1 Å². The molecule has 15 heavy (non-hydrogen) atoms. The van der Waals surface area contributed by atoms with Gasteiger partial charge in [0.2, 0.25) is 0 Å². The minimum atomic E-state index is -1.06. The van der Waals surface area contributed by atoms with Crippen molar-refractivity contribution >= 4 is 5.97 Å². The highest BCUT2D eigenvalue weighted by molar-refractivity contribution is 5.91. The first-order valence-corrected chi connectivity index (χ1v) is 4.82. The topological polar surface area (TPSA) is 86.5 Å². The van der Waals surface area contributed by atoms with Gasteiger partial charge in [-0.25, -0.2) is 4.79 Å². The summed E-state index contributed by atoms with van der Waals surface area (Å²) in [5.74, 6) is -1.06. The van der Waals surface area contributed by atoms with E-state index in [4.69, 9.17) is 10.8 Å². The Bertz CT molecular complexity index is 332. The Morgan fingerprint density at radius 1 is 1.33 bits per heavy atom. The van der Waals surface area contributed by atoms with Crippen molar-refractivity contribution in [3.05, 3.63) is 11.1 Å². The molecule has 0 aromatic heterocycles. The van der Waals surface area contributed by atoms with Gasteiger partial charge in [0.1, 0.15) is 0 Å². The highest BCUT2D eigenvalue weighted by Crippen LogP contribution is 2.43. The van der Waals surface area contributed by atoms with Gasteiger partial charge in [-0.05, 0) is 33.3 Å². The van der Waals surface area contributed by atoms with E-state index in [9.17, 15) is 10.0 Å². The van der Waals surface area contributed by atoms with Crippen molar-refractivity contribution in [2.24, 2.45) is 5.73 Å². The van der Waals surface area contributed by atoms with Crippen molar-refractivity contribution in [2.75, 3.05) is 6.54 Å². The Labute approximate surface area is 89.1 Å². The number of nitrogens with zero attached hydrogens (tertiary/aromatic N) is 1. The van der Waals surface area contributed by atoms with Crippen molar-refractivity contribution in [1.29, 1.82) is 0 Å². The van der Waals surface area contributed by atoms with E-state index < -0.39 is 17.0 Å². The summed E-state index contributed by atoms with van der Waals surface area (Å²) < 4.78 is 0. The lowest BCUT2D eigenvalue weighted by Gasteiger charge is -2.34. The first-order valence-electron chi connectivity index (χ1n) is 4.82. The first-order chi connectivity index (χ1) is 6.67. The van der Waals surface area contributed by atoms with Gasteiger partial charge >= 0.3 is 5.97 Å². The monoisotopic (exact) mass is 213 g/mol. The third-order valence-electron chi connectivity index (χ3n) is 3.09. The highest BCUT2D eigenvalue weighted by Gasteiger charge is 2.53. The molecule has 85 valence electrons. The Morgan fingerprint density at radius 2 is 1.80 bits per heavy atom. The van der Waals surface area contributed by atoms with E-state index in [1.54, 1.807) is 27.7 Å². The Hall–Kier alpha value is -0.910. The molecule has 0 saturated heterocycles. The molecule has 1 heterocycles. The fourth-order valence-electron chi connectivity index (χ4n) is 2.34. The van der Waals surface area contributed by atoms with Crippen molar-refractivity contribution in [3.8, 4) is 0 Å². The van der Waals surface area contributed by atoms with Crippen LogP contribution in [-0.4, -0.2) is 33.8 Å². The minimum Gasteiger partial charge on any atom is -0.478 e. The maximum absolute atomic E-state index is 12.0. The first kappa shape index (κ1) is 12.2. The summed E-state index contributed by atoms with van der Waals surface area (Å²) in [4.78, 5) is 11.1. The van der Waals surface area contributed by atoms with Crippen LogP contribution in [0, 0.1) is 0 Å². The van der Waals surface area contributed by atoms with Crippen LogP contribution in [-0.2, 0) is 10.0 Å². The second kappa shape index (κ2) is 3.30. The van der Waals surface area contributed by atoms with Gasteiger partial charge in [-0.15, -0.1) is 10.3 Å². The van der Waals surface area contributed by atoms with Crippen LogP contribution in [0.3, 0.4) is 0 Å². The van der Waals surface area contributed by atoms with Crippen LogP contribution in [0.4, 0.5) is 0 Å². The molecule has 0 spiro atoms. The molecule has 3 N–H and O–H groups in total. The molecule has 0 aliphatic carbocycles. The number of carboxylic acids is 1. The predicted molar refractivity (Wildman–Crippen MR) is 54.4 cm³/mol. The van der Waals surface area contributed by atoms with E-state index in [1.165, 1.54) is 0 Å². The molecule has 5 heteroatoms. The zero-order chi connectivity index (χ0) is 12.0. The predicted octanol–water partition coefficient (Wildman–Crippen LogP) is 0.545. The van der Waals surface area contributed by atoms with E-state index in [0.29, 0.717) is 5.57 Å². The Kier molecular flexibility index (Phi) is 2.67. The quantitative estimate of drug-likeness (QED) is 0.701. The smallest absolute Gasteiger partial charge is 0.333 e. The number of carboxylic acid groups (broad SMARTS) is 1. The zero-order valence-corrected chi connectivity index (χ0v) is 9.50. The van der Waals surface area contributed by atoms with E-state index in [-0.39, 0.29) is 12.1 Å². The minimum absolute atomic E-state index is 0.0941. The zero-order valence-electron chi connectivity index (χ0n) is 9.50. The average molecular weight is 213 g/mol. The summed E-state index contributed by atoms with van der Waals surface area (Å²) in [6, 6.07) is 0. The van der Waals surface area contributed by atoms with Crippen LogP contribution in [0.1, 0.15) is 27.7 Å². The summed E-state index contributed by atoms with van der Waals surface area (Å²) in [5.41, 5.74) is 4.31. The number of hydrogen-bond acceptors (Lipinski definition) is 3. The maximum Gasteiger partial charge on any atom is 0.333 e. The lowest BCUT2D eigenvalue weighted by molar-refractivity contribution is -0.240. The van der Waals surface area contributed by atoms with Crippen LogP contribution in [0.25, 0.3) is 0 Å². The van der Waals surface area contributed by atoms with Gasteiger partial charge < -0.3 is 10.8 Å². The van der Waals surface area contributed by atoms with Gasteiger partial charge in [0.05, 0.1) is 16.7 Å². The third kappa shape index (κ3) is 1.47. The largest absolute Gasteiger partial charge is 0.478 e. The molecule has 0 aromatic rings. The summed E-state index contributed by atoms with van der Waals surface area (Å²) in [6.07, 6.45) is 0. The fraction of sp³-hybridized carbons (Fsp3) is 0.700. The van der Waals surface area contributed by atoms with Gasteiger partial charge in [-0.1, -0.05) is 0 Å². The van der Waals surface area contributed by atoms with E-state index >= 15 is 0 Å². The van der Waals surface area contributed by atoms with Crippen molar-refractivity contribution in [3.63, 3.8) is 0 Å². The molecule has 5 nitrogen and oxygen atoms in total. The van der Waals surface area contributed by atoms with Crippen molar-refractivity contribution in [1.82, 2.24) is 5.06 Å². The summed E-state index contributed by atoms with van der Waals surface area (Å²) in [6.45, 7) is 6.69. The van der Waals surface area contributed by atoms with Crippen LogP contribution in [0.5, 0.6) is 0 Å². The van der Waals surface area contributed by atoms with Crippen LogP contribution >= 0.6 is 0 Å². The summed E-state index contributed by atoms with van der Waals surface area (Å²) in [5, 5.41) is 21.9. The second-order valence-electron chi connectivity index (χ2n) is 4.78. The van der Waals surface area contributed by atoms with E-state index in [2.05, 4.69) is 0 Å². The molecule has 0 saturated carbocycles. The number of carbonyl (C=O) groups is 1. The number of rotatable bonds is 2. The molecular weight excluding hydrogens is 196 g/mol. The van der Waals surface area contributed by atoms with Gasteiger partial charge in [0, 0.05) is 6.54 Å². The van der Waals surface area contributed by atoms with Crippen LogP contribution in [0.2, 0.25) is 0 Å². The normalized spacial score (nSPS) is 24.7. The van der Waals surface area contributed by atoms with E-state index in [0.717, 1.165) is 5.06 Å². The molecule has 1 aliphatic heterocycles. The molecule has 0 atom stereocenters. The number of nitrogens with two attached hydrogens (primary N) is 1. The fourth-order valence-corrected chi connectivity index (χ4v) is 2.34. The molecule has 1 radical (unpaired) electrons. The molecule has 0 fully saturated rings. The molecular formula is C10H17N2O3. The van der Waals surface area contributed by atoms with Crippen LogP contribution in [0.15, 0.2) is 11.1 Å². The molecule has 0 amide bonds. The average Bonchev–Trinajstić information content (AvgIpc) is 2.22. The number of aliphatic carboxylic acids is 1. The molecule has 1 rings (SSSR count). The molecule has 0 bridgehead atoms. The summed E-state index contributed by atoms with van der Waals surface area (Å²) >= 11 is 0. The maximum atomic E-state index is 12.0. The lowest BCUT2D eigenvalue weighted by Crippen LogP contribution is -2.48. The standard InChI is InChI=1S/C10H17N2O3/c1-9(2)6(5-11)7(8(13)14)10(3,4)12(9)15/h5,11H2,1-4H3,(H,13,14). The summed E-state index contributed by atoms with van der Waals surface area (Å²) in [7, 11) is 0. The highest BCUT2D eigenvalue weighted by atomic mass is 16.5. The molecule has 0 aromatic carbocycles. The molecule has 1 aliphatic rings. The van der Waals surface area contributed by atoms with Gasteiger partial charge in [0.25, 0.3) is 0 Å². The Morgan fingerprint density at radius 3 is 2.07 bits per heavy atom. The van der Waals surface area contributed by atoms with E-state index in [1.807, 2.05) is 0 Å². The second-order valence-corrected chi connectivity index (χ2v) is 4.78. The van der Waals surface area contributed by atoms with Crippen LogP contribution < -0.4 is 5.73 Å². The lowest BCUT2D eigenvalue weighted by atomic mass is 9.90. The van der Waals surface area contributed by atoms with Crippen molar-refractivity contribution in [2.45, 2.75) is 38.8 Å². The SMILES string of the molecule is CC1(C)C(CN)=C(C(=O)O)C(C)(C)N1[O]. The number of hydrogen-bond donors (Lipinski definition) is 2. The number of hydroxylamine groups is 2.